The number of hydrogen-bond acceptors (Lipinski definition) is 6. The van der Waals surface area contributed by atoms with Crippen LogP contribution in [0.25, 0.3) is 0 Å². The second-order valence-corrected chi connectivity index (χ2v) is 13.6. The third kappa shape index (κ3) is 7.50. The number of carbonyl (C=O) groups excluding carboxylic acids is 1. The molecule has 3 unspecified atom stereocenters. The topological polar surface area (TPSA) is 79.4 Å². The van der Waals surface area contributed by atoms with Crippen molar-refractivity contribution in [3.8, 4) is 5.75 Å². The summed E-state index contributed by atoms with van der Waals surface area (Å²) >= 11 is 6.00. The van der Waals surface area contributed by atoms with Crippen molar-refractivity contribution in [1.29, 1.82) is 0 Å². The Morgan fingerprint density at radius 2 is 1.79 bits per heavy atom. The van der Waals surface area contributed by atoms with E-state index in [4.69, 9.17) is 16.3 Å². The zero-order chi connectivity index (χ0) is 30.1. The van der Waals surface area contributed by atoms with Gasteiger partial charge in [-0.15, -0.1) is 13.2 Å². The monoisotopic (exact) mass is 629 g/mol. The Labute approximate surface area is 249 Å². The fourth-order valence-electron chi connectivity index (χ4n) is 5.92. The summed E-state index contributed by atoms with van der Waals surface area (Å²) in [6.45, 7) is 4.88. The number of sulfonamides is 1. The number of nitrogens with zero attached hydrogens (tertiary/aromatic N) is 3. The van der Waals surface area contributed by atoms with Gasteiger partial charge in [0.1, 0.15) is 12.4 Å². The SMILES string of the molecule is CC1CN(CC2CC2)CCN1C(=O)OCC1CCCC(c2cccc(OC(F)(F)F)c2)N1S(=O)(=O)c1ccc(Cl)cc1. The van der Waals surface area contributed by atoms with Gasteiger partial charge in [0.25, 0.3) is 0 Å². The molecule has 230 valence electrons. The molecule has 1 amide bonds. The predicted molar refractivity (Wildman–Crippen MR) is 151 cm³/mol. The Hall–Kier alpha value is -2.54. The van der Waals surface area contributed by atoms with Crippen LogP contribution in [0.4, 0.5) is 18.0 Å². The Kier molecular flexibility index (Phi) is 9.27. The van der Waals surface area contributed by atoms with Crippen LogP contribution in [0, 0.1) is 5.92 Å². The highest BCUT2D eigenvalue weighted by atomic mass is 35.5. The van der Waals surface area contributed by atoms with Crippen LogP contribution in [0.1, 0.15) is 50.6 Å². The largest absolute Gasteiger partial charge is 0.573 e. The Bertz CT molecular complexity index is 1360. The minimum absolute atomic E-state index is 0.0155. The summed E-state index contributed by atoms with van der Waals surface area (Å²) in [4.78, 5) is 17.2. The van der Waals surface area contributed by atoms with Gasteiger partial charge in [0.05, 0.1) is 17.0 Å². The lowest BCUT2D eigenvalue weighted by atomic mass is 9.93. The Morgan fingerprint density at radius 1 is 1.05 bits per heavy atom. The van der Waals surface area contributed by atoms with E-state index in [-0.39, 0.29) is 17.5 Å². The first-order valence-electron chi connectivity index (χ1n) is 14.2. The summed E-state index contributed by atoms with van der Waals surface area (Å²) in [6, 6.07) is 9.48. The minimum atomic E-state index is -4.89. The quantitative estimate of drug-likeness (QED) is 0.352. The number of alkyl halides is 3. The molecule has 2 aromatic rings. The standard InChI is InChI=1S/C29H35ClF3N3O5S/c1-20-17-34(18-21-8-9-21)14-15-35(20)28(37)40-19-24-5-3-7-27(22-4-2-6-25(16-22)41-29(31,32)33)36(24)42(38,39)26-12-10-23(30)11-13-26/h2,4,6,10-13,16,20-21,24,27H,3,5,7-9,14-15,17-19H2,1H3. The molecule has 5 rings (SSSR count). The van der Waals surface area contributed by atoms with Crippen molar-refractivity contribution < 1.29 is 35.9 Å². The van der Waals surface area contributed by atoms with Gasteiger partial charge in [-0.05, 0) is 86.9 Å². The number of piperidine rings is 1. The second-order valence-electron chi connectivity index (χ2n) is 11.3. The lowest BCUT2D eigenvalue weighted by Crippen LogP contribution is -2.55. The van der Waals surface area contributed by atoms with Crippen LogP contribution >= 0.6 is 11.6 Å². The lowest BCUT2D eigenvalue weighted by Gasteiger charge is -2.42. The van der Waals surface area contributed by atoms with E-state index in [1.165, 1.54) is 59.6 Å². The van der Waals surface area contributed by atoms with Crippen molar-refractivity contribution in [3.05, 3.63) is 59.1 Å². The van der Waals surface area contributed by atoms with Gasteiger partial charge in [0.15, 0.2) is 0 Å². The number of piperazine rings is 1. The highest BCUT2D eigenvalue weighted by Gasteiger charge is 2.42. The van der Waals surface area contributed by atoms with Crippen LogP contribution in [-0.4, -0.2) is 79.8 Å². The number of carbonyl (C=O) groups is 1. The van der Waals surface area contributed by atoms with Gasteiger partial charge in [-0.3, -0.25) is 4.90 Å². The lowest BCUT2D eigenvalue weighted by molar-refractivity contribution is -0.274. The molecule has 1 saturated carbocycles. The van der Waals surface area contributed by atoms with E-state index in [0.29, 0.717) is 36.4 Å². The van der Waals surface area contributed by atoms with E-state index < -0.39 is 40.3 Å². The van der Waals surface area contributed by atoms with Crippen LogP contribution in [0.15, 0.2) is 53.4 Å². The van der Waals surface area contributed by atoms with Crippen LogP contribution < -0.4 is 4.74 Å². The van der Waals surface area contributed by atoms with Crippen molar-refractivity contribution >= 4 is 27.7 Å². The van der Waals surface area contributed by atoms with Crippen LogP contribution in [0.5, 0.6) is 5.75 Å². The molecule has 8 nitrogen and oxygen atoms in total. The maximum atomic E-state index is 14.0. The fourth-order valence-corrected chi connectivity index (χ4v) is 7.89. The smallest absolute Gasteiger partial charge is 0.448 e. The molecule has 3 aliphatic rings. The van der Waals surface area contributed by atoms with Crippen LogP contribution in [0.3, 0.4) is 0 Å². The predicted octanol–water partition coefficient (Wildman–Crippen LogP) is 6.08. The van der Waals surface area contributed by atoms with Gasteiger partial charge in [0, 0.05) is 37.2 Å². The van der Waals surface area contributed by atoms with E-state index in [2.05, 4.69) is 9.64 Å². The van der Waals surface area contributed by atoms with E-state index in [9.17, 15) is 26.4 Å². The molecule has 0 aromatic heterocycles. The summed E-state index contributed by atoms with van der Waals surface area (Å²) in [5, 5.41) is 0.359. The first-order valence-corrected chi connectivity index (χ1v) is 16.0. The summed E-state index contributed by atoms with van der Waals surface area (Å²) in [6.07, 6.45) is -1.51. The molecule has 3 atom stereocenters. The Balaban J connectivity index is 1.36. The first-order chi connectivity index (χ1) is 19.9. The number of amides is 1. The van der Waals surface area contributed by atoms with Gasteiger partial charge in [-0.25, -0.2) is 13.2 Å². The number of ether oxygens (including phenoxy) is 2. The number of benzene rings is 2. The maximum Gasteiger partial charge on any atom is 0.573 e. The molecule has 2 aromatic carbocycles. The van der Waals surface area contributed by atoms with Gasteiger partial charge < -0.3 is 14.4 Å². The van der Waals surface area contributed by atoms with E-state index in [1.54, 1.807) is 11.0 Å². The molecule has 0 spiro atoms. The van der Waals surface area contributed by atoms with Crippen LogP contribution in [0.2, 0.25) is 5.02 Å². The van der Waals surface area contributed by atoms with Crippen molar-refractivity contribution in [2.45, 2.75) is 68.4 Å². The van der Waals surface area contributed by atoms with E-state index in [0.717, 1.165) is 25.6 Å². The molecular weight excluding hydrogens is 595 g/mol. The third-order valence-electron chi connectivity index (χ3n) is 8.11. The molecule has 2 saturated heterocycles. The summed E-state index contributed by atoms with van der Waals surface area (Å²) in [7, 11) is -4.17. The molecule has 0 radical (unpaired) electrons. The summed E-state index contributed by atoms with van der Waals surface area (Å²) in [5.41, 5.74) is 0.353. The average Bonchev–Trinajstić information content (AvgIpc) is 3.75. The fraction of sp³-hybridized carbons (Fsp3) is 0.552. The van der Waals surface area contributed by atoms with Crippen molar-refractivity contribution in [1.82, 2.24) is 14.1 Å². The summed E-state index contributed by atoms with van der Waals surface area (Å²) in [5.74, 6) is 0.316. The normalized spacial score (nSPS) is 24.4. The maximum absolute atomic E-state index is 14.0. The zero-order valence-electron chi connectivity index (χ0n) is 23.3. The van der Waals surface area contributed by atoms with Crippen molar-refractivity contribution in [2.75, 3.05) is 32.8 Å². The molecule has 3 fully saturated rings. The van der Waals surface area contributed by atoms with Crippen molar-refractivity contribution in [3.63, 3.8) is 0 Å². The number of hydrogen-bond donors (Lipinski definition) is 0. The zero-order valence-corrected chi connectivity index (χ0v) is 24.9. The number of rotatable bonds is 8. The van der Waals surface area contributed by atoms with Gasteiger partial charge in [-0.1, -0.05) is 23.7 Å². The molecule has 0 N–H and O–H groups in total. The Morgan fingerprint density at radius 3 is 2.45 bits per heavy atom. The van der Waals surface area contributed by atoms with Crippen molar-refractivity contribution in [2.24, 2.45) is 5.92 Å². The molecule has 13 heteroatoms. The van der Waals surface area contributed by atoms with Gasteiger partial charge in [-0.2, -0.15) is 4.31 Å². The highest BCUT2D eigenvalue weighted by Crippen LogP contribution is 2.40. The van der Waals surface area contributed by atoms with Gasteiger partial charge >= 0.3 is 12.5 Å². The molecule has 2 heterocycles. The summed E-state index contributed by atoms with van der Waals surface area (Å²) < 4.78 is 78.0. The molecular formula is C29H35ClF3N3O5S. The molecule has 1 aliphatic carbocycles. The third-order valence-corrected chi connectivity index (χ3v) is 10.3. The first kappa shape index (κ1) is 30.9. The molecule has 2 aliphatic heterocycles. The number of halogens is 4. The van der Waals surface area contributed by atoms with E-state index >= 15 is 0 Å². The average molecular weight is 630 g/mol. The van der Waals surface area contributed by atoms with Crippen LogP contribution in [-0.2, 0) is 14.8 Å². The van der Waals surface area contributed by atoms with Gasteiger partial charge in [0.2, 0.25) is 10.0 Å². The minimum Gasteiger partial charge on any atom is -0.448 e. The highest BCUT2D eigenvalue weighted by molar-refractivity contribution is 7.89. The van der Waals surface area contributed by atoms with E-state index in [1.807, 2.05) is 6.92 Å². The second kappa shape index (κ2) is 12.6. The molecule has 0 bridgehead atoms. The molecule has 42 heavy (non-hydrogen) atoms.